The van der Waals surface area contributed by atoms with Crippen molar-refractivity contribution in [3.8, 4) is 0 Å². The highest BCUT2D eigenvalue weighted by Crippen LogP contribution is 2.21. The van der Waals surface area contributed by atoms with E-state index in [1.807, 2.05) is 24.3 Å². The number of halogens is 4. The highest BCUT2D eigenvalue weighted by Gasteiger charge is 2.25. The summed E-state index contributed by atoms with van der Waals surface area (Å²) in [5, 5.41) is 5.64. The first-order valence-electron chi connectivity index (χ1n) is 15.7. The van der Waals surface area contributed by atoms with Crippen LogP contribution in [-0.2, 0) is 26.5 Å². The molecule has 0 atom stereocenters. The Labute approximate surface area is 318 Å². The van der Waals surface area contributed by atoms with E-state index in [4.69, 9.17) is 46.4 Å². The van der Waals surface area contributed by atoms with Gasteiger partial charge >= 0.3 is 0 Å². The van der Waals surface area contributed by atoms with Gasteiger partial charge in [-0.3, -0.25) is 9.59 Å². The molecule has 0 aliphatic rings. The van der Waals surface area contributed by atoms with Crippen LogP contribution in [0.4, 0.5) is 11.4 Å². The molecule has 4 aromatic carbocycles. The molecule has 4 aromatic rings. The van der Waals surface area contributed by atoms with E-state index < -0.39 is 20.0 Å². The molecule has 10 nitrogen and oxygen atoms in total. The Morgan fingerprint density at radius 2 is 0.765 bits per heavy atom. The van der Waals surface area contributed by atoms with Gasteiger partial charge in [0.2, 0.25) is 20.0 Å². The standard InChI is InChI=1S/C35H36Cl4N4O6S2/c36-17-21-42(22-18-37)50(46,47)32-13-5-28(6-14-32)34(44)40-30-9-1-26(2-10-30)25-27-3-11-31(12-4-27)41-35(45)29-7-15-33(16-8-29)51(48,49)43(23-19-38)24-20-39/h1-16H,17-25H2,(H,40,44)(H,41,45). The van der Waals surface area contributed by atoms with Crippen LogP contribution in [0.1, 0.15) is 31.8 Å². The van der Waals surface area contributed by atoms with E-state index in [-0.39, 0.29) is 71.3 Å². The molecule has 0 spiro atoms. The van der Waals surface area contributed by atoms with E-state index in [0.29, 0.717) is 28.9 Å². The van der Waals surface area contributed by atoms with Crippen LogP contribution in [0.5, 0.6) is 0 Å². The molecule has 0 radical (unpaired) electrons. The summed E-state index contributed by atoms with van der Waals surface area (Å²) in [7, 11) is -7.59. The fourth-order valence-corrected chi connectivity index (χ4v) is 9.09. The van der Waals surface area contributed by atoms with Gasteiger partial charge in [0.25, 0.3) is 11.8 Å². The molecule has 16 heteroatoms. The minimum absolute atomic E-state index is 0.0451. The second kappa shape index (κ2) is 19.0. The largest absolute Gasteiger partial charge is 0.322 e. The summed E-state index contributed by atoms with van der Waals surface area (Å²) < 4.78 is 54.1. The third-order valence-electron chi connectivity index (χ3n) is 7.68. The monoisotopic (exact) mass is 812 g/mol. The maximum absolute atomic E-state index is 12.9. The zero-order valence-electron chi connectivity index (χ0n) is 27.3. The van der Waals surface area contributed by atoms with Gasteiger partial charge in [0.15, 0.2) is 0 Å². The van der Waals surface area contributed by atoms with Crippen LogP contribution in [0, 0.1) is 0 Å². The summed E-state index contributed by atoms with van der Waals surface area (Å²) in [6.45, 7) is 0.497. The number of hydrogen-bond donors (Lipinski definition) is 2. The number of rotatable bonds is 18. The summed E-state index contributed by atoms with van der Waals surface area (Å²) in [6.07, 6.45) is 0.600. The van der Waals surface area contributed by atoms with Crippen molar-refractivity contribution < 1.29 is 26.4 Å². The Morgan fingerprint density at radius 3 is 1.04 bits per heavy atom. The van der Waals surface area contributed by atoms with E-state index in [0.717, 1.165) is 11.1 Å². The molecule has 4 rings (SSSR count). The lowest BCUT2D eigenvalue weighted by Crippen LogP contribution is -2.34. The number of nitrogens with zero attached hydrogens (tertiary/aromatic N) is 2. The fourth-order valence-electron chi connectivity index (χ4n) is 4.99. The number of alkyl halides is 4. The summed E-state index contributed by atoms with van der Waals surface area (Å²) in [4.78, 5) is 25.8. The molecule has 2 amide bonds. The van der Waals surface area contributed by atoms with E-state index >= 15 is 0 Å². The van der Waals surface area contributed by atoms with Gasteiger partial charge in [0, 0.05) is 72.2 Å². The number of carbonyl (C=O) groups excluding carboxylic acids is 2. The van der Waals surface area contributed by atoms with Crippen molar-refractivity contribution in [2.24, 2.45) is 0 Å². The van der Waals surface area contributed by atoms with Crippen molar-refractivity contribution in [2.75, 3.05) is 60.3 Å². The third kappa shape index (κ3) is 10.9. The van der Waals surface area contributed by atoms with E-state index in [2.05, 4.69) is 10.6 Å². The molecule has 0 bridgehead atoms. The van der Waals surface area contributed by atoms with Crippen molar-refractivity contribution in [3.05, 3.63) is 119 Å². The minimum atomic E-state index is -3.80. The molecule has 0 aliphatic heterocycles. The number of sulfonamides is 2. The first-order valence-corrected chi connectivity index (χ1v) is 20.7. The molecule has 51 heavy (non-hydrogen) atoms. The van der Waals surface area contributed by atoms with E-state index in [1.54, 1.807) is 24.3 Å². The number of hydrogen-bond acceptors (Lipinski definition) is 6. The first-order chi connectivity index (χ1) is 24.4. The highest BCUT2D eigenvalue weighted by atomic mass is 35.5. The highest BCUT2D eigenvalue weighted by molar-refractivity contribution is 7.89. The van der Waals surface area contributed by atoms with Crippen LogP contribution in [0.3, 0.4) is 0 Å². The Balaban J connectivity index is 1.31. The molecule has 0 fully saturated rings. The van der Waals surface area contributed by atoms with Gasteiger partial charge in [0.1, 0.15) is 0 Å². The van der Waals surface area contributed by atoms with Crippen LogP contribution in [0.2, 0.25) is 0 Å². The average molecular weight is 815 g/mol. The lowest BCUT2D eigenvalue weighted by atomic mass is 10.0. The zero-order valence-corrected chi connectivity index (χ0v) is 31.9. The van der Waals surface area contributed by atoms with Gasteiger partial charge in [-0.15, -0.1) is 46.4 Å². The van der Waals surface area contributed by atoms with Gasteiger partial charge in [0.05, 0.1) is 9.79 Å². The smallest absolute Gasteiger partial charge is 0.255 e. The van der Waals surface area contributed by atoms with Gasteiger partial charge in [-0.05, 0) is 90.3 Å². The van der Waals surface area contributed by atoms with Crippen molar-refractivity contribution in [1.29, 1.82) is 0 Å². The van der Waals surface area contributed by atoms with Crippen molar-refractivity contribution in [3.63, 3.8) is 0 Å². The van der Waals surface area contributed by atoms with Crippen molar-refractivity contribution in [2.45, 2.75) is 16.2 Å². The molecule has 0 aliphatic carbocycles. The average Bonchev–Trinajstić information content (AvgIpc) is 3.13. The molecular weight excluding hydrogens is 778 g/mol. The van der Waals surface area contributed by atoms with Gasteiger partial charge in [-0.2, -0.15) is 8.61 Å². The van der Waals surface area contributed by atoms with Crippen LogP contribution in [0.25, 0.3) is 0 Å². The molecule has 0 aromatic heterocycles. The number of carbonyl (C=O) groups is 2. The maximum atomic E-state index is 12.9. The molecule has 0 heterocycles. The molecule has 0 unspecified atom stereocenters. The van der Waals surface area contributed by atoms with Gasteiger partial charge < -0.3 is 10.6 Å². The lowest BCUT2D eigenvalue weighted by Gasteiger charge is -2.20. The minimum Gasteiger partial charge on any atom is -0.322 e. The Hall–Kier alpha value is -3.20. The Bertz CT molecular complexity index is 1830. The molecule has 2 N–H and O–H groups in total. The zero-order chi connectivity index (χ0) is 37.0. The number of benzene rings is 4. The quantitative estimate of drug-likeness (QED) is 0.107. The van der Waals surface area contributed by atoms with Crippen molar-refractivity contribution in [1.82, 2.24) is 8.61 Å². The summed E-state index contributed by atoms with van der Waals surface area (Å²) in [6, 6.07) is 26.0. The third-order valence-corrected chi connectivity index (χ3v) is 12.2. The molecular formula is C35H36Cl4N4O6S2. The molecule has 272 valence electrons. The first kappa shape index (κ1) is 40.6. The topological polar surface area (TPSA) is 133 Å². The van der Waals surface area contributed by atoms with Gasteiger partial charge in [-0.25, -0.2) is 16.8 Å². The molecule has 0 saturated carbocycles. The van der Waals surface area contributed by atoms with E-state index in [1.165, 1.54) is 57.1 Å². The van der Waals surface area contributed by atoms with E-state index in [9.17, 15) is 26.4 Å². The normalized spacial score (nSPS) is 11.9. The summed E-state index contributed by atoms with van der Waals surface area (Å²) in [5.74, 6) is -0.261. The summed E-state index contributed by atoms with van der Waals surface area (Å²) >= 11 is 23.0. The number of amides is 2. The Morgan fingerprint density at radius 1 is 0.471 bits per heavy atom. The van der Waals surface area contributed by atoms with Crippen LogP contribution in [0.15, 0.2) is 107 Å². The van der Waals surface area contributed by atoms with Crippen LogP contribution < -0.4 is 10.6 Å². The SMILES string of the molecule is O=C(Nc1ccc(Cc2ccc(NC(=O)c3ccc(S(=O)(=O)N(CCCl)CCCl)cc3)cc2)cc1)c1ccc(S(=O)(=O)N(CCCl)CCCl)cc1. The second-order valence-corrected chi connectivity index (χ2v) is 16.5. The Kier molecular flexibility index (Phi) is 15.1. The van der Waals surface area contributed by atoms with Crippen molar-refractivity contribution >= 4 is 89.6 Å². The predicted octanol–water partition coefficient (Wildman–Crippen LogP) is 6.72. The summed E-state index contributed by atoms with van der Waals surface area (Å²) in [5.41, 5.74) is 3.71. The van der Waals surface area contributed by atoms with Crippen LogP contribution in [-0.4, -0.2) is 87.0 Å². The maximum Gasteiger partial charge on any atom is 0.255 e. The fraction of sp³-hybridized carbons (Fsp3) is 0.257. The van der Waals surface area contributed by atoms with Gasteiger partial charge in [-0.1, -0.05) is 24.3 Å². The van der Waals surface area contributed by atoms with Crippen LogP contribution >= 0.6 is 46.4 Å². The lowest BCUT2D eigenvalue weighted by molar-refractivity contribution is 0.101. The predicted molar refractivity (Wildman–Crippen MR) is 205 cm³/mol. The molecule has 0 saturated heterocycles. The number of nitrogens with one attached hydrogen (secondary N) is 2. The number of anilines is 2. The second-order valence-electron chi connectivity index (χ2n) is 11.1.